The van der Waals surface area contributed by atoms with Crippen molar-refractivity contribution in [3.8, 4) is 5.75 Å². The number of hydrogen-bond acceptors (Lipinski definition) is 4. The van der Waals surface area contributed by atoms with Crippen molar-refractivity contribution in [1.82, 2.24) is 5.16 Å². The van der Waals surface area contributed by atoms with Crippen LogP contribution >= 0.6 is 0 Å². The molecule has 0 saturated carbocycles. The van der Waals surface area contributed by atoms with Gasteiger partial charge in [0.25, 0.3) is 5.91 Å². The number of aryl methyl sites for hydroxylation is 4. The van der Waals surface area contributed by atoms with Crippen molar-refractivity contribution in [2.24, 2.45) is 0 Å². The summed E-state index contributed by atoms with van der Waals surface area (Å²) in [6.07, 6.45) is 0. The number of amides is 1. The van der Waals surface area contributed by atoms with Crippen LogP contribution in [0.2, 0.25) is 0 Å². The second-order valence-corrected chi connectivity index (χ2v) is 5.18. The second-order valence-electron chi connectivity index (χ2n) is 5.18. The fraction of sp³-hybridized carbons (Fsp3) is 0.375. The quantitative estimate of drug-likeness (QED) is 0.868. The first-order valence-electron chi connectivity index (χ1n) is 6.79. The van der Waals surface area contributed by atoms with Crippen LogP contribution in [0.15, 0.2) is 22.7 Å². The van der Waals surface area contributed by atoms with E-state index in [0.717, 1.165) is 11.3 Å². The van der Waals surface area contributed by atoms with E-state index in [-0.39, 0.29) is 12.5 Å². The molecule has 0 aliphatic heterocycles. The minimum atomic E-state index is -0.149. The van der Waals surface area contributed by atoms with Gasteiger partial charge in [-0.05, 0) is 39.3 Å². The van der Waals surface area contributed by atoms with Crippen molar-refractivity contribution in [2.75, 3.05) is 18.6 Å². The molecule has 0 spiro atoms. The molecule has 1 amide bonds. The summed E-state index contributed by atoms with van der Waals surface area (Å²) in [6.45, 7) is 7.55. The molecule has 0 aliphatic carbocycles. The third kappa shape index (κ3) is 3.24. The van der Waals surface area contributed by atoms with Gasteiger partial charge in [0.05, 0.1) is 0 Å². The largest absolute Gasteiger partial charge is 0.483 e. The average molecular weight is 288 g/mol. The Kier molecular flexibility index (Phi) is 4.31. The minimum absolute atomic E-state index is 0.0234. The van der Waals surface area contributed by atoms with Crippen molar-refractivity contribution in [2.45, 2.75) is 27.7 Å². The molecule has 5 heteroatoms. The van der Waals surface area contributed by atoms with Gasteiger partial charge in [0.1, 0.15) is 17.1 Å². The van der Waals surface area contributed by atoms with E-state index in [4.69, 9.17) is 9.26 Å². The monoisotopic (exact) mass is 288 g/mol. The van der Waals surface area contributed by atoms with Crippen LogP contribution in [0.3, 0.4) is 0 Å². The van der Waals surface area contributed by atoms with E-state index < -0.39 is 0 Å². The molecule has 0 aliphatic rings. The van der Waals surface area contributed by atoms with Crippen LogP contribution in [0.5, 0.6) is 5.75 Å². The summed E-state index contributed by atoms with van der Waals surface area (Å²) in [7, 11) is 1.69. The zero-order valence-corrected chi connectivity index (χ0v) is 13.1. The Morgan fingerprint density at radius 3 is 2.57 bits per heavy atom. The van der Waals surface area contributed by atoms with Gasteiger partial charge < -0.3 is 14.2 Å². The molecule has 0 fully saturated rings. The van der Waals surface area contributed by atoms with Crippen molar-refractivity contribution in [3.05, 3.63) is 40.8 Å². The zero-order chi connectivity index (χ0) is 15.6. The van der Waals surface area contributed by atoms with Gasteiger partial charge in [-0.25, -0.2) is 0 Å². The lowest BCUT2D eigenvalue weighted by Gasteiger charge is -2.17. The predicted molar refractivity (Wildman–Crippen MR) is 80.8 cm³/mol. The number of benzene rings is 1. The van der Waals surface area contributed by atoms with Crippen molar-refractivity contribution in [3.63, 3.8) is 0 Å². The Morgan fingerprint density at radius 2 is 2.00 bits per heavy atom. The highest BCUT2D eigenvalue weighted by atomic mass is 16.5. The summed E-state index contributed by atoms with van der Waals surface area (Å²) in [6, 6.07) is 5.87. The lowest BCUT2D eigenvalue weighted by molar-refractivity contribution is -0.120. The first-order chi connectivity index (χ1) is 9.90. The number of aromatic nitrogens is 1. The molecule has 0 bridgehead atoms. The van der Waals surface area contributed by atoms with E-state index >= 15 is 0 Å². The average Bonchev–Trinajstić information content (AvgIpc) is 2.76. The van der Waals surface area contributed by atoms with Gasteiger partial charge in [0.15, 0.2) is 12.4 Å². The van der Waals surface area contributed by atoms with Crippen LogP contribution in [0, 0.1) is 27.7 Å². The zero-order valence-electron chi connectivity index (χ0n) is 13.1. The van der Waals surface area contributed by atoms with Crippen LogP contribution in [-0.2, 0) is 4.79 Å². The number of carbonyl (C=O) groups is 1. The molecule has 0 saturated heterocycles. The lowest BCUT2D eigenvalue weighted by Crippen LogP contribution is -2.32. The smallest absolute Gasteiger partial charge is 0.264 e. The molecule has 1 heterocycles. The van der Waals surface area contributed by atoms with E-state index in [2.05, 4.69) is 5.16 Å². The second kappa shape index (κ2) is 5.99. The predicted octanol–water partition coefficient (Wildman–Crippen LogP) is 2.95. The SMILES string of the molecule is Cc1ccc(OCC(=O)N(C)c2c(C)noc2C)c(C)c1. The van der Waals surface area contributed by atoms with E-state index in [1.807, 2.05) is 32.0 Å². The number of anilines is 1. The Labute approximate surface area is 124 Å². The fourth-order valence-electron chi connectivity index (χ4n) is 2.28. The minimum Gasteiger partial charge on any atom is -0.483 e. The third-order valence-corrected chi connectivity index (χ3v) is 3.39. The molecular weight excluding hydrogens is 268 g/mol. The first kappa shape index (κ1) is 15.1. The van der Waals surface area contributed by atoms with Crippen LogP contribution in [0.4, 0.5) is 5.69 Å². The van der Waals surface area contributed by atoms with E-state index in [9.17, 15) is 4.79 Å². The molecule has 112 valence electrons. The number of nitrogens with zero attached hydrogens (tertiary/aromatic N) is 2. The lowest BCUT2D eigenvalue weighted by atomic mass is 10.1. The topological polar surface area (TPSA) is 55.6 Å². The molecule has 1 aromatic carbocycles. The van der Waals surface area contributed by atoms with Gasteiger partial charge in [-0.15, -0.1) is 0 Å². The Hall–Kier alpha value is -2.30. The Bertz CT molecular complexity index is 642. The summed E-state index contributed by atoms with van der Waals surface area (Å²) in [5.74, 6) is 1.19. The molecule has 0 atom stereocenters. The van der Waals surface area contributed by atoms with Crippen LogP contribution in [0.25, 0.3) is 0 Å². The van der Waals surface area contributed by atoms with Gasteiger partial charge in [-0.2, -0.15) is 0 Å². The normalized spacial score (nSPS) is 10.5. The molecule has 5 nitrogen and oxygen atoms in total. The number of ether oxygens (including phenoxy) is 1. The molecular formula is C16H20N2O3. The summed E-state index contributed by atoms with van der Waals surface area (Å²) in [4.78, 5) is 13.7. The highest BCUT2D eigenvalue weighted by Crippen LogP contribution is 2.23. The fourth-order valence-corrected chi connectivity index (χ4v) is 2.28. The first-order valence-corrected chi connectivity index (χ1v) is 6.79. The van der Waals surface area contributed by atoms with Gasteiger partial charge in [0.2, 0.25) is 0 Å². The van der Waals surface area contributed by atoms with Crippen LogP contribution in [-0.4, -0.2) is 24.7 Å². The Balaban J connectivity index is 2.05. The molecule has 21 heavy (non-hydrogen) atoms. The van der Waals surface area contributed by atoms with E-state index in [1.165, 1.54) is 10.5 Å². The highest BCUT2D eigenvalue weighted by molar-refractivity contribution is 5.94. The Morgan fingerprint density at radius 1 is 1.29 bits per heavy atom. The molecule has 2 aromatic rings. The van der Waals surface area contributed by atoms with Crippen LogP contribution < -0.4 is 9.64 Å². The summed E-state index contributed by atoms with van der Waals surface area (Å²) >= 11 is 0. The van der Waals surface area contributed by atoms with Crippen molar-refractivity contribution >= 4 is 11.6 Å². The molecule has 0 N–H and O–H groups in total. The number of likely N-dealkylation sites (N-methyl/N-ethyl adjacent to an activating group) is 1. The molecule has 1 aromatic heterocycles. The van der Waals surface area contributed by atoms with E-state index in [0.29, 0.717) is 17.1 Å². The summed E-state index contributed by atoms with van der Waals surface area (Å²) in [5, 5.41) is 3.85. The maximum atomic E-state index is 12.2. The highest BCUT2D eigenvalue weighted by Gasteiger charge is 2.19. The third-order valence-electron chi connectivity index (χ3n) is 3.39. The van der Waals surface area contributed by atoms with Gasteiger partial charge >= 0.3 is 0 Å². The standard InChI is InChI=1S/C16H20N2O3/c1-10-6-7-14(11(2)8-10)20-9-15(19)18(5)16-12(3)17-21-13(16)4/h6-8H,9H2,1-5H3. The van der Waals surface area contributed by atoms with Crippen molar-refractivity contribution < 1.29 is 14.1 Å². The summed E-state index contributed by atoms with van der Waals surface area (Å²) in [5.41, 5.74) is 3.57. The van der Waals surface area contributed by atoms with Gasteiger partial charge in [-0.1, -0.05) is 22.9 Å². The number of hydrogen-bond donors (Lipinski definition) is 0. The maximum absolute atomic E-state index is 12.2. The molecule has 0 radical (unpaired) electrons. The van der Waals surface area contributed by atoms with Gasteiger partial charge in [0, 0.05) is 7.05 Å². The molecule has 2 rings (SSSR count). The van der Waals surface area contributed by atoms with E-state index in [1.54, 1.807) is 20.9 Å². The number of rotatable bonds is 4. The van der Waals surface area contributed by atoms with Gasteiger partial charge in [-0.3, -0.25) is 4.79 Å². The maximum Gasteiger partial charge on any atom is 0.264 e. The van der Waals surface area contributed by atoms with Crippen molar-refractivity contribution in [1.29, 1.82) is 0 Å². The van der Waals surface area contributed by atoms with Crippen LogP contribution in [0.1, 0.15) is 22.6 Å². The number of carbonyl (C=O) groups excluding carboxylic acids is 1. The summed E-state index contributed by atoms with van der Waals surface area (Å²) < 4.78 is 10.7. The molecule has 0 unspecified atom stereocenters.